The lowest BCUT2D eigenvalue weighted by Crippen LogP contribution is -2.27. The van der Waals surface area contributed by atoms with Crippen LogP contribution in [0.2, 0.25) is 19.6 Å². The van der Waals surface area contributed by atoms with Crippen LogP contribution >= 0.6 is 0 Å². The molecule has 0 saturated heterocycles. The van der Waals surface area contributed by atoms with Gasteiger partial charge in [0.2, 0.25) is 8.32 Å². The summed E-state index contributed by atoms with van der Waals surface area (Å²) in [7, 11) is -2.02. The Morgan fingerprint density at radius 2 is 1.56 bits per heavy atom. The molecule has 1 aromatic carbocycles. The predicted octanol–water partition coefficient (Wildman–Crippen LogP) is 3.61. The summed E-state index contributed by atoms with van der Waals surface area (Å²) in [6.07, 6.45) is -1.84. The molecule has 0 N–H and O–H groups in total. The molecule has 1 rings (SSSR count). The Morgan fingerprint density at radius 3 is 2.11 bits per heavy atom. The Bertz CT molecular complexity index is 454. The molecule has 0 unspecified atom stereocenters. The van der Waals surface area contributed by atoms with Crippen LogP contribution in [0.5, 0.6) is 5.75 Å². The highest BCUT2D eigenvalue weighted by Gasteiger charge is 2.19. The van der Waals surface area contributed by atoms with E-state index < -0.39 is 20.5 Å². The molecular weight excluding hydrogens is 252 g/mol. The van der Waals surface area contributed by atoms with E-state index in [0.29, 0.717) is 5.75 Å². The number of ether oxygens (including phenoxy) is 1. The van der Waals surface area contributed by atoms with Crippen LogP contribution in [0.1, 0.15) is 0 Å². The summed E-state index contributed by atoms with van der Waals surface area (Å²) in [5.74, 6) is 0.333. The fourth-order valence-corrected chi connectivity index (χ4v) is 1.54. The van der Waals surface area contributed by atoms with Crippen LogP contribution in [0.15, 0.2) is 40.6 Å². The minimum absolute atomic E-state index is 0.333. The van der Waals surface area contributed by atoms with Crippen molar-refractivity contribution in [2.45, 2.75) is 19.6 Å². The number of amides is 2. The number of benzene rings is 1. The number of carbonyl (C=O) groups excluding carboxylic acids is 2. The lowest BCUT2D eigenvalue weighted by Gasteiger charge is -2.13. The van der Waals surface area contributed by atoms with Gasteiger partial charge in [0.05, 0.1) is 0 Å². The molecule has 18 heavy (non-hydrogen) atoms. The maximum Gasteiger partial charge on any atom is 0.458 e. The Balaban J connectivity index is 2.48. The average molecular weight is 266 g/mol. The summed E-state index contributed by atoms with van der Waals surface area (Å²) in [5.41, 5.74) is 0. The average Bonchev–Trinajstić information content (AvgIpc) is 2.25. The SMILES string of the molecule is C[Si](C)(C)OC(=O)/N=N/C(=O)Oc1ccccc1. The van der Waals surface area contributed by atoms with Gasteiger partial charge in [0.1, 0.15) is 5.75 Å². The third-order valence-electron chi connectivity index (χ3n) is 1.56. The van der Waals surface area contributed by atoms with Gasteiger partial charge in [-0.1, -0.05) is 28.4 Å². The molecule has 0 fully saturated rings. The summed E-state index contributed by atoms with van der Waals surface area (Å²) < 4.78 is 9.77. The quantitative estimate of drug-likeness (QED) is 0.605. The van der Waals surface area contributed by atoms with E-state index in [1.165, 1.54) is 0 Å². The van der Waals surface area contributed by atoms with E-state index in [0.717, 1.165) is 0 Å². The second-order valence-corrected chi connectivity index (χ2v) is 8.79. The topological polar surface area (TPSA) is 77.3 Å². The van der Waals surface area contributed by atoms with Gasteiger partial charge in [-0.25, -0.2) is 9.59 Å². The third-order valence-corrected chi connectivity index (χ3v) is 2.34. The van der Waals surface area contributed by atoms with Crippen molar-refractivity contribution in [3.8, 4) is 5.75 Å². The highest BCUT2D eigenvalue weighted by molar-refractivity contribution is 6.71. The second kappa shape index (κ2) is 6.06. The minimum Gasteiger partial charge on any atom is -0.502 e. The predicted molar refractivity (Wildman–Crippen MR) is 67.1 cm³/mol. The Kier molecular flexibility index (Phi) is 4.72. The largest absolute Gasteiger partial charge is 0.502 e. The molecule has 0 aliphatic heterocycles. The fraction of sp³-hybridized carbons (Fsp3) is 0.273. The first-order valence-electron chi connectivity index (χ1n) is 5.28. The third kappa shape index (κ3) is 5.90. The van der Waals surface area contributed by atoms with E-state index in [4.69, 9.17) is 9.16 Å². The highest BCUT2D eigenvalue weighted by Crippen LogP contribution is 2.09. The highest BCUT2D eigenvalue weighted by atomic mass is 28.4. The number of nitrogens with zero attached hydrogens (tertiary/aromatic N) is 2. The van der Waals surface area contributed by atoms with Gasteiger partial charge in [-0.05, 0) is 31.8 Å². The second-order valence-electron chi connectivity index (χ2n) is 4.36. The first kappa shape index (κ1) is 14.0. The Labute approximate surface area is 106 Å². The van der Waals surface area contributed by atoms with Crippen molar-refractivity contribution >= 4 is 20.5 Å². The first-order chi connectivity index (χ1) is 8.37. The maximum atomic E-state index is 11.2. The van der Waals surface area contributed by atoms with Crippen molar-refractivity contribution in [2.75, 3.05) is 0 Å². The van der Waals surface area contributed by atoms with E-state index >= 15 is 0 Å². The van der Waals surface area contributed by atoms with Crippen LogP contribution in [0.25, 0.3) is 0 Å². The summed E-state index contributed by atoms with van der Waals surface area (Å²) in [6.45, 7) is 5.47. The van der Waals surface area contributed by atoms with E-state index in [2.05, 4.69) is 10.2 Å². The van der Waals surface area contributed by atoms with E-state index in [-0.39, 0.29) is 0 Å². The molecule has 0 aliphatic rings. The Morgan fingerprint density at radius 1 is 1.00 bits per heavy atom. The number of azo groups is 1. The fourth-order valence-electron chi connectivity index (χ4n) is 0.974. The van der Waals surface area contributed by atoms with Crippen molar-refractivity contribution < 1.29 is 18.8 Å². The van der Waals surface area contributed by atoms with Crippen LogP contribution in [0.3, 0.4) is 0 Å². The summed E-state index contributed by atoms with van der Waals surface area (Å²) in [4.78, 5) is 22.4. The zero-order valence-corrected chi connectivity index (χ0v) is 11.4. The van der Waals surface area contributed by atoms with Crippen LogP contribution in [-0.2, 0) is 4.43 Å². The summed E-state index contributed by atoms with van der Waals surface area (Å²) in [6, 6.07) is 8.38. The molecule has 0 bridgehead atoms. The van der Waals surface area contributed by atoms with Gasteiger partial charge in [-0.3, -0.25) is 0 Å². The number of para-hydroxylation sites is 1. The monoisotopic (exact) mass is 266 g/mol. The van der Waals surface area contributed by atoms with Gasteiger partial charge in [0.25, 0.3) is 0 Å². The van der Waals surface area contributed by atoms with Crippen molar-refractivity contribution in [1.29, 1.82) is 0 Å². The van der Waals surface area contributed by atoms with Crippen LogP contribution < -0.4 is 4.74 Å². The van der Waals surface area contributed by atoms with Crippen LogP contribution in [-0.4, -0.2) is 20.5 Å². The zero-order chi connectivity index (χ0) is 13.6. The zero-order valence-electron chi connectivity index (χ0n) is 10.4. The van der Waals surface area contributed by atoms with Gasteiger partial charge in [-0.15, -0.1) is 0 Å². The van der Waals surface area contributed by atoms with E-state index in [1.54, 1.807) is 30.3 Å². The minimum atomic E-state index is -2.02. The van der Waals surface area contributed by atoms with Crippen molar-refractivity contribution in [2.24, 2.45) is 10.2 Å². The van der Waals surface area contributed by atoms with Gasteiger partial charge in [-0.2, -0.15) is 0 Å². The van der Waals surface area contributed by atoms with E-state index in [9.17, 15) is 9.59 Å². The van der Waals surface area contributed by atoms with Gasteiger partial charge in [0.15, 0.2) is 0 Å². The smallest absolute Gasteiger partial charge is 0.458 e. The molecule has 6 nitrogen and oxygen atoms in total. The molecule has 96 valence electrons. The van der Waals surface area contributed by atoms with Gasteiger partial charge in [0, 0.05) is 0 Å². The van der Waals surface area contributed by atoms with E-state index in [1.807, 2.05) is 19.6 Å². The summed E-state index contributed by atoms with van der Waals surface area (Å²) >= 11 is 0. The van der Waals surface area contributed by atoms with Gasteiger partial charge >= 0.3 is 12.2 Å². The van der Waals surface area contributed by atoms with Crippen molar-refractivity contribution in [1.82, 2.24) is 0 Å². The first-order valence-corrected chi connectivity index (χ1v) is 8.69. The molecule has 0 spiro atoms. The van der Waals surface area contributed by atoms with Gasteiger partial charge < -0.3 is 9.16 Å². The standard InChI is InChI=1S/C11H14N2O4Si/c1-18(2,3)17-11(15)13-12-10(14)16-9-7-5-4-6-8-9/h4-8H,1-3H3/b13-12+. The number of hydrogen-bond donors (Lipinski definition) is 0. The van der Waals surface area contributed by atoms with Crippen LogP contribution in [0, 0.1) is 0 Å². The molecule has 0 saturated carbocycles. The lowest BCUT2D eigenvalue weighted by atomic mass is 10.3. The molecule has 0 atom stereocenters. The van der Waals surface area contributed by atoms with Crippen molar-refractivity contribution in [3.63, 3.8) is 0 Å². The lowest BCUT2D eigenvalue weighted by molar-refractivity contribution is 0.199. The molecule has 0 radical (unpaired) electrons. The number of hydrogen-bond acceptors (Lipinski definition) is 4. The van der Waals surface area contributed by atoms with Crippen molar-refractivity contribution in [3.05, 3.63) is 30.3 Å². The number of carbonyl (C=O) groups is 2. The molecule has 2 amide bonds. The molecular formula is C11H14N2O4Si. The van der Waals surface area contributed by atoms with Crippen LogP contribution in [0.4, 0.5) is 9.59 Å². The molecule has 7 heteroatoms. The molecule has 0 aliphatic carbocycles. The number of rotatable bonds is 2. The molecule has 0 aromatic heterocycles. The molecule has 0 heterocycles. The maximum absolute atomic E-state index is 11.2. The summed E-state index contributed by atoms with van der Waals surface area (Å²) in [5, 5.41) is 6.24. The molecule has 1 aromatic rings. The normalized spacial score (nSPS) is 11.3. The Hall–Kier alpha value is -2.02.